The zero-order valence-corrected chi connectivity index (χ0v) is 14.9. The molecule has 1 aromatic carbocycles. The fraction of sp³-hybridized carbons (Fsp3) is 0.526. The fourth-order valence-corrected chi connectivity index (χ4v) is 3.48. The molecular weight excluding hydrogens is 328 g/mol. The first kappa shape index (κ1) is 17.7. The van der Waals surface area contributed by atoms with Gasteiger partial charge in [0, 0.05) is 18.7 Å². The summed E-state index contributed by atoms with van der Waals surface area (Å²) in [5.41, 5.74) is 0.508. The average molecular weight is 351 g/mol. The summed E-state index contributed by atoms with van der Waals surface area (Å²) < 4.78 is 38.7. The maximum absolute atomic E-state index is 14.0. The van der Waals surface area contributed by atoms with Crippen LogP contribution in [0.3, 0.4) is 0 Å². The molecule has 1 saturated heterocycles. The number of rotatable bonds is 1. The number of furan rings is 1. The quantitative estimate of drug-likeness (QED) is 0.720. The molecule has 0 saturated carbocycles. The van der Waals surface area contributed by atoms with Gasteiger partial charge in [0.05, 0.1) is 11.6 Å². The van der Waals surface area contributed by atoms with Crippen molar-refractivity contribution in [3.05, 3.63) is 35.6 Å². The van der Waals surface area contributed by atoms with Crippen LogP contribution in [-0.4, -0.2) is 29.7 Å². The molecule has 2 atom stereocenters. The van der Waals surface area contributed by atoms with E-state index in [1.54, 1.807) is 4.90 Å². The van der Waals surface area contributed by atoms with Gasteiger partial charge in [0.15, 0.2) is 11.6 Å². The first-order chi connectivity index (χ1) is 11.7. The van der Waals surface area contributed by atoms with Crippen molar-refractivity contribution in [3.8, 4) is 0 Å². The highest BCUT2D eigenvalue weighted by Crippen LogP contribution is 2.38. The Kier molecular flexibility index (Phi) is 4.47. The van der Waals surface area contributed by atoms with E-state index in [2.05, 4.69) is 0 Å². The predicted octanol–water partition coefficient (Wildman–Crippen LogP) is 5.07. The highest BCUT2D eigenvalue weighted by Gasteiger charge is 2.34. The van der Waals surface area contributed by atoms with Gasteiger partial charge in [0.25, 0.3) is 0 Å². The van der Waals surface area contributed by atoms with Gasteiger partial charge >= 0.3 is 6.09 Å². The molecule has 2 aromatic rings. The van der Waals surface area contributed by atoms with Gasteiger partial charge in [-0.05, 0) is 51.2 Å². The van der Waals surface area contributed by atoms with Crippen molar-refractivity contribution >= 4 is 17.1 Å². The van der Waals surface area contributed by atoms with Crippen LogP contribution in [0, 0.1) is 17.6 Å². The average Bonchev–Trinajstić information content (AvgIpc) is 2.99. The molecule has 1 amide bonds. The molecule has 1 fully saturated rings. The maximum Gasteiger partial charge on any atom is 0.410 e. The molecule has 0 radical (unpaired) electrons. The second kappa shape index (κ2) is 6.32. The molecular formula is C19H23F2NO3. The summed E-state index contributed by atoms with van der Waals surface area (Å²) in [6.45, 7) is 8.49. The van der Waals surface area contributed by atoms with Crippen molar-refractivity contribution < 1.29 is 22.7 Å². The van der Waals surface area contributed by atoms with Crippen LogP contribution in [0.4, 0.5) is 13.6 Å². The normalized spacial score (nSPS) is 21.6. The number of fused-ring (bicyclic) bond motifs is 1. The molecule has 0 bridgehead atoms. The summed E-state index contributed by atoms with van der Waals surface area (Å²) in [5, 5.41) is 0.164. The Labute approximate surface area is 145 Å². The molecule has 0 aliphatic carbocycles. The Bertz CT molecular complexity index is 794. The van der Waals surface area contributed by atoms with Crippen LogP contribution in [0.2, 0.25) is 0 Å². The molecule has 25 heavy (non-hydrogen) atoms. The van der Waals surface area contributed by atoms with E-state index >= 15 is 0 Å². The van der Waals surface area contributed by atoms with Crippen molar-refractivity contribution in [2.75, 3.05) is 13.1 Å². The van der Waals surface area contributed by atoms with Gasteiger partial charge in [-0.25, -0.2) is 13.6 Å². The molecule has 2 heterocycles. The zero-order chi connectivity index (χ0) is 18.4. The second-order valence-electron chi connectivity index (χ2n) is 7.72. The van der Waals surface area contributed by atoms with Gasteiger partial charge < -0.3 is 14.1 Å². The molecule has 3 rings (SSSR count). The van der Waals surface area contributed by atoms with Gasteiger partial charge in [-0.2, -0.15) is 0 Å². The van der Waals surface area contributed by atoms with Crippen LogP contribution < -0.4 is 0 Å². The number of hydrogen-bond acceptors (Lipinski definition) is 3. The van der Waals surface area contributed by atoms with E-state index < -0.39 is 17.2 Å². The van der Waals surface area contributed by atoms with Crippen molar-refractivity contribution in [2.45, 2.75) is 45.6 Å². The predicted molar refractivity (Wildman–Crippen MR) is 90.5 cm³/mol. The van der Waals surface area contributed by atoms with Crippen molar-refractivity contribution in [2.24, 2.45) is 5.92 Å². The SMILES string of the molecule is C[C@H]1CN(C(=O)OC(C)(C)C)CC[C@H]1c1cc(F)c(F)c2ccoc12. The number of likely N-dealkylation sites (tertiary alicyclic amines) is 1. The molecule has 0 unspecified atom stereocenters. The maximum atomic E-state index is 14.0. The lowest BCUT2D eigenvalue weighted by atomic mass is 9.81. The molecule has 0 N–H and O–H groups in total. The van der Waals surface area contributed by atoms with Gasteiger partial charge in [0.2, 0.25) is 0 Å². The standard InChI is InChI=1S/C19H23F2NO3/c1-11-10-22(18(23)25-19(2,3)4)7-5-12(11)14-9-15(20)16(21)13-6-8-24-17(13)14/h6,8-9,11-12H,5,7,10H2,1-4H3/t11-,12+/m0/s1. The number of benzene rings is 1. The van der Waals surface area contributed by atoms with E-state index in [4.69, 9.17) is 9.15 Å². The highest BCUT2D eigenvalue weighted by molar-refractivity contribution is 5.82. The van der Waals surface area contributed by atoms with Crippen molar-refractivity contribution in [1.29, 1.82) is 0 Å². The Hall–Kier alpha value is -2.11. The smallest absolute Gasteiger partial charge is 0.410 e. The summed E-state index contributed by atoms with van der Waals surface area (Å²) in [7, 11) is 0. The van der Waals surface area contributed by atoms with Gasteiger partial charge in [-0.1, -0.05) is 6.92 Å². The molecule has 6 heteroatoms. The van der Waals surface area contributed by atoms with E-state index in [-0.39, 0.29) is 23.3 Å². The highest BCUT2D eigenvalue weighted by atomic mass is 19.2. The van der Waals surface area contributed by atoms with Crippen LogP contribution in [0.15, 0.2) is 22.8 Å². The van der Waals surface area contributed by atoms with Crippen LogP contribution in [-0.2, 0) is 4.74 Å². The summed E-state index contributed by atoms with van der Waals surface area (Å²) in [5.74, 6) is -1.70. The fourth-order valence-electron chi connectivity index (χ4n) is 3.48. The number of carbonyl (C=O) groups is 1. The van der Waals surface area contributed by atoms with Crippen molar-refractivity contribution in [1.82, 2.24) is 4.90 Å². The summed E-state index contributed by atoms with van der Waals surface area (Å²) in [6.07, 6.45) is 1.67. The summed E-state index contributed by atoms with van der Waals surface area (Å²) in [4.78, 5) is 13.9. The number of ether oxygens (including phenoxy) is 1. The Morgan fingerprint density at radius 1 is 1.36 bits per heavy atom. The summed E-state index contributed by atoms with van der Waals surface area (Å²) in [6, 6.07) is 2.67. The first-order valence-corrected chi connectivity index (χ1v) is 8.50. The Balaban J connectivity index is 1.82. The number of amides is 1. The van der Waals surface area contributed by atoms with Crippen LogP contribution in [0.1, 0.15) is 45.6 Å². The third-order valence-electron chi connectivity index (χ3n) is 4.61. The van der Waals surface area contributed by atoms with Crippen molar-refractivity contribution in [3.63, 3.8) is 0 Å². The minimum Gasteiger partial charge on any atom is -0.464 e. The lowest BCUT2D eigenvalue weighted by Crippen LogP contribution is -2.44. The van der Waals surface area contributed by atoms with E-state index in [9.17, 15) is 13.6 Å². The molecule has 0 spiro atoms. The lowest BCUT2D eigenvalue weighted by molar-refractivity contribution is 0.0155. The molecule has 1 aromatic heterocycles. The topological polar surface area (TPSA) is 42.7 Å². The molecule has 1 aliphatic rings. The second-order valence-corrected chi connectivity index (χ2v) is 7.72. The Morgan fingerprint density at radius 2 is 2.08 bits per heavy atom. The zero-order valence-electron chi connectivity index (χ0n) is 14.9. The molecule has 4 nitrogen and oxygen atoms in total. The van der Waals surface area contributed by atoms with Gasteiger partial charge in [-0.15, -0.1) is 0 Å². The molecule has 1 aliphatic heterocycles. The van der Waals surface area contributed by atoms with E-state index in [1.807, 2.05) is 27.7 Å². The lowest BCUT2D eigenvalue weighted by Gasteiger charge is -2.37. The third-order valence-corrected chi connectivity index (χ3v) is 4.61. The van der Waals surface area contributed by atoms with Crippen LogP contribution in [0.5, 0.6) is 0 Å². The minimum absolute atomic E-state index is 0.0116. The molecule has 136 valence electrons. The number of halogens is 2. The number of nitrogens with zero attached hydrogens (tertiary/aromatic N) is 1. The minimum atomic E-state index is -0.883. The van der Waals surface area contributed by atoms with Gasteiger partial charge in [0.1, 0.15) is 11.2 Å². The van der Waals surface area contributed by atoms with E-state index in [1.165, 1.54) is 18.4 Å². The number of carbonyl (C=O) groups excluding carboxylic acids is 1. The van der Waals surface area contributed by atoms with E-state index in [0.29, 0.717) is 30.7 Å². The third kappa shape index (κ3) is 3.48. The largest absolute Gasteiger partial charge is 0.464 e. The van der Waals surface area contributed by atoms with Gasteiger partial charge in [-0.3, -0.25) is 0 Å². The van der Waals surface area contributed by atoms with Crippen LogP contribution >= 0.6 is 0 Å². The van der Waals surface area contributed by atoms with Crippen LogP contribution in [0.25, 0.3) is 11.0 Å². The number of piperidine rings is 1. The Morgan fingerprint density at radius 3 is 2.72 bits per heavy atom. The summed E-state index contributed by atoms with van der Waals surface area (Å²) >= 11 is 0. The first-order valence-electron chi connectivity index (χ1n) is 8.50. The monoisotopic (exact) mass is 351 g/mol. The number of hydrogen-bond donors (Lipinski definition) is 0. The van der Waals surface area contributed by atoms with E-state index in [0.717, 1.165) is 0 Å².